The molecule has 1 aromatic rings. The summed E-state index contributed by atoms with van der Waals surface area (Å²) in [6.45, 7) is 5.27. The van der Waals surface area contributed by atoms with Crippen molar-refractivity contribution in [3.05, 3.63) is 28.8 Å². The van der Waals surface area contributed by atoms with E-state index in [4.69, 9.17) is 27.2 Å². The molecule has 6 nitrogen and oxygen atoms in total. The molecule has 0 bridgehead atoms. The van der Waals surface area contributed by atoms with Crippen LogP contribution in [0.5, 0.6) is 0 Å². The van der Waals surface area contributed by atoms with Gasteiger partial charge in [0, 0.05) is 16.8 Å². The Bertz CT molecular complexity index is 540. The van der Waals surface area contributed by atoms with E-state index in [0.717, 1.165) is 0 Å². The molecule has 0 aromatic heterocycles. The zero-order valence-corrected chi connectivity index (χ0v) is 12.9. The lowest BCUT2D eigenvalue weighted by molar-refractivity contribution is -0.137. The third-order valence-electron chi connectivity index (χ3n) is 2.44. The molecule has 1 unspecified atom stereocenters. The van der Waals surface area contributed by atoms with Gasteiger partial charge >= 0.3 is 12.1 Å². The molecule has 0 aliphatic carbocycles. The SMILES string of the molecule is CC(C)(C)OC(=O)Nc1ccc(C(N)CC(=O)O)c(Cl)c1. The first-order valence-electron chi connectivity index (χ1n) is 6.35. The van der Waals surface area contributed by atoms with Gasteiger partial charge in [-0.2, -0.15) is 0 Å². The second-order valence-corrected chi connectivity index (χ2v) is 5.97. The highest BCUT2D eigenvalue weighted by Gasteiger charge is 2.18. The Hall–Kier alpha value is -1.79. The number of hydrogen-bond acceptors (Lipinski definition) is 4. The number of carbonyl (C=O) groups is 2. The van der Waals surface area contributed by atoms with E-state index in [9.17, 15) is 9.59 Å². The minimum absolute atomic E-state index is 0.224. The predicted molar refractivity (Wildman–Crippen MR) is 80.5 cm³/mol. The van der Waals surface area contributed by atoms with E-state index < -0.39 is 23.7 Å². The number of nitrogens with one attached hydrogen (secondary N) is 1. The Morgan fingerprint density at radius 2 is 2.05 bits per heavy atom. The Labute approximate surface area is 128 Å². The molecule has 0 radical (unpaired) electrons. The van der Waals surface area contributed by atoms with Gasteiger partial charge in [-0.3, -0.25) is 10.1 Å². The van der Waals surface area contributed by atoms with Gasteiger partial charge < -0.3 is 15.6 Å². The van der Waals surface area contributed by atoms with Crippen molar-refractivity contribution < 1.29 is 19.4 Å². The average molecular weight is 315 g/mol. The van der Waals surface area contributed by atoms with Crippen molar-refractivity contribution in [2.75, 3.05) is 5.32 Å². The molecule has 0 saturated heterocycles. The zero-order valence-electron chi connectivity index (χ0n) is 12.1. The maximum atomic E-state index is 11.6. The van der Waals surface area contributed by atoms with Crippen molar-refractivity contribution in [2.45, 2.75) is 38.8 Å². The average Bonchev–Trinajstić information content (AvgIpc) is 2.24. The second kappa shape index (κ2) is 6.78. The molecule has 116 valence electrons. The first-order chi connectivity index (χ1) is 9.58. The van der Waals surface area contributed by atoms with Crippen LogP contribution in [0, 0.1) is 0 Å². The maximum absolute atomic E-state index is 11.6. The number of anilines is 1. The molecule has 1 rings (SSSR count). The summed E-state index contributed by atoms with van der Waals surface area (Å²) in [4.78, 5) is 22.3. The molecule has 0 aliphatic heterocycles. The number of carboxylic acids is 1. The number of halogens is 1. The summed E-state index contributed by atoms with van der Waals surface area (Å²) in [5, 5.41) is 11.6. The highest BCUT2D eigenvalue weighted by atomic mass is 35.5. The molecule has 0 heterocycles. The number of aliphatic carboxylic acids is 1. The van der Waals surface area contributed by atoms with E-state index in [-0.39, 0.29) is 11.4 Å². The van der Waals surface area contributed by atoms with Crippen molar-refractivity contribution in [1.82, 2.24) is 0 Å². The monoisotopic (exact) mass is 314 g/mol. The van der Waals surface area contributed by atoms with Gasteiger partial charge in [-0.05, 0) is 38.5 Å². The van der Waals surface area contributed by atoms with Gasteiger partial charge in [-0.15, -0.1) is 0 Å². The van der Waals surface area contributed by atoms with Crippen molar-refractivity contribution in [1.29, 1.82) is 0 Å². The molecule has 1 aromatic carbocycles. The van der Waals surface area contributed by atoms with Crippen molar-refractivity contribution in [3.63, 3.8) is 0 Å². The van der Waals surface area contributed by atoms with Gasteiger partial charge in [0.1, 0.15) is 5.60 Å². The number of nitrogens with two attached hydrogens (primary N) is 1. The first-order valence-corrected chi connectivity index (χ1v) is 6.73. The number of rotatable bonds is 4. The number of ether oxygens (including phenoxy) is 1. The van der Waals surface area contributed by atoms with E-state index in [1.54, 1.807) is 32.9 Å². The molecular formula is C14H19ClN2O4. The Balaban J connectivity index is 2.78. The van der Waals surface area contributed by atoms with E-state index in [1.807, 2.05) is 0 Å². The van der Waals surface area contributed by atoms with E-state index >= 15 is 0 Å². The Morgan fingerprint density at radius 3 is 2.52 bits per heavy atom. The van der Waals surface area contributed by atoms with Gasteiger partial charge in [0.15, 0.2) is 0 Å². The summed E-state index contributed by atoms with van der Waals surface area (Å²) < 4.78 is 5.12. The molecule has 21 heavy (non-hydrogen) atoms. The normalized spacial score (nSPS) is 12.6. The highest BCUT2D eigenvalue weighted by Crippen LogP contribution is 2.27. The van der Waals surface area contributed by atoms with Crippen LogP contribution in [-0.4, -0.2) is 22.8 Å². The lowest BCUT2D eigenvalue weighted by Crippen LogP contribution is -2.27. The zero-order chi connectivity index (χ0) is 16.2. The fourth-order valence-corrected chi connectivity index (χ4v) is 1.95. The summed E-state index contributed by atoms with van der Waals surface area (Å²) in [7, 11) is 0. The lowest BCUT2D eigenvalue weighted by atomic mass is 10.0. The molecule has 0 fully saturated rings. The van der Waals surface area contributed by atoms with Gasteiger partial charge in [-0.1, -0.05) is 17.7 Å². The van der Waals surface area contributed by atoms with Crippen LogP contribution in [0.2, 0.25) is 5.02 Å². The minimum atomic E-state index is -1.01. The molecule has 0 spiro atoms. The van der Waals surface area contributed by atoms with Crippen LogP contribution in [-0.2, 0) is 9.53 Å². The van der Waals surface area contributed by atoms with Crippen molar-refractivity contribution >= 4 is 29.4 Å². The molecule has 0 saturated carbocycles. The fourth-order valence-electron chi connectivity index (χ4n) is 1.63. The maximum Gasteiger partial charge on any atom is 0.412 e. The number of amides is 1. The Morgan fingerprint density at radius 1 is 1.43 bits per heavy atom. The highest BCUT2D eigenvalue weighted by molar-refractivity contribution is 6.31. The van der Waals surface area contributed by atoms with Gasteiger partial charge in [-0.25, -0.2) is 4.79 Å². The Kier molecular flexibility index (Phi) is 5.57. The molecular weight excluding hydrogens is 296 g/mol. The first kappa shape index (κ1) is 17.3. The summed E-state index contributed by atoms with van der Waals surface area (Å²) in [6, 6.07) is 3.98. The second-order valence-electron chi connectivity index (χ2n) is 5.57. The van der Waals surface area contributed by atoms with Crippen LogP contribution in [0.25, 0.3) is 0 Å². The van der Waals surface area contributed by atoms with Crippen LogP contribution in [0.15, 0.2) is 18.2 Å². The van der Waals surface area contributed by atoms with E-state index in [2.05, 4.69) is 5.32 Å². The minimum Gasteiger partial charge on any atom is -0.481 e. The lowest BCUT2D eigenvalue weighted by Gasteiger charge is -2.20. The summed E-state index contributed by atoms with van der Waals surface area (Å²) >= 11 is 6.06. The van der Waals surface area contributed by atoms with Crippen LogP contribution < -0.4 is 11.1 Å². The third-order valence-corrected chi connectivity index (χ3v) is 2.77. The van der Waals surface area contributed by atoms with Crippen LogP contribution >= 0.6 is 11.6 Å². The molecule has 0 aliphatic rings. The van der Waals surface area contributed by atoms with Crippen LogP contribution in [0.3, 0.4) is 0 Å². The smallest absolute Gasteiger partial charge is 0.412 e. The third kappa shape index (κ3) is 6.01. The van der Waals surface area contributed by atoms with Gasteiger partial charge in [0.2, 0.25) is 0 Å². The van der Waals surface area contributed by atoms with Gasteiger partial charge in [0.05, 0.1) is 6.42 Å². The number of carboxylic acid groups (broad SMARTS) is 1. The predicted octanol–water partition coefficient (Wildman–Crippen LogP) is 3.16. The molecule has 7 heteroatoms. The standard InChI is InChI=1S/C14H19ClN2O4/c1-14(2,3)21-13(20)17-8-4-5-9(10(15)6-8)11(16)7-12(18)19/h4-6,11H,7,16H2,1-3H3,(H,17,20)(H,18,19). The molecule has 4 N–H and O–H groups in total. The summed E-state index contributed by atoms with van der Waals surface area (Å²) in [6.07, 6.45) is -0.820. The van der Waals surface area contributed by atoms with E-state index in [1.165, 1.54) is 6.07 Å². The van der Waals surface area contributed by atoms with Crippen LogP contribution in [0.1, 0.15) is 38.8 Å². The number of carbonyl (C=O) groups excluding carboxylic acids is 1. The fraction of sp³-hybridized carbons (Fsp3) is 0.429. The van der Waals surface area contributed by atoms with Crippen LogP contribution in [0.4, 0.5) is 10.5 Å². The largest absolute Gasteiger partial charge is 0.481 e. The van der Waals surface area contributed by atoms with Crippen molar-refractivity contribution in [3.8, 4) is 0 Å². The summed E-state index contributed by atoms with van der Waals surface area (Å²) in [5.74, 6) is -1.01. The molecule has 1 atom stereocenters. The quantitative estimate of drug-likeness (QED) is 0.792. The van der Waals surface area contributed by atoms with Crippen molar-refractivity contribution in [2.24, 2.45) is 5.73 Å². The van der Waals surface area contributed by atoms with E-state index in [0.29, 0.717) is 11.3 Å². The molecule has 1 amide bonds. The summed E-state index contributed by atoms with van der Waals surface area (Å²) in [5.41, 5.74) is 6.11. The number of benzene rings is 1. The topological polar surface area (TPSA) is 102 Å². The number of hydrogen-bond donors (Lipinski definition) is 3. The van der Waals surface area contributed by atoms with Gasteiger partial charge in [0.25, 0.3) is 0 Å².